The lowest BCUT2D eigenvalue weighted by Crippen LogP contribution is -2.50. The maximum Gasteiger partial charge on any atom is 0.344 e. The third kappa shape index (κ3) is 4.44. The highest BCUT2D eigenvalue weighted by molar-refractivity contribution is 5.94. The monoisotopic (exact) mass is 327 g/mol. The van der Waals surface area contributed by atoms with E-state index in [-0.39, 0.29) is 24.0 Å². The van der Waals surface area contributed by atoms with Crippen molar-refractivity contribution in [3.63, 3.8) is 0 Å². The van der Waals surface area contributed by atoms with Crippen LogP contribution in [0.1, 0.15) is 64.2 Å². The van der Waals surface area contributed by atoms with Crippen molar-refractivity contribution in [1.82, 2.24) is 0 Å². The van der Waals surface area contributed by atoms with Gasteiger partial charge < -0.3 is 20.2 Å². The molecule has 0 amide bonds. The first-order chi connectivity index (χ1) is 11.1. The van der Waals surface area contributed by atoms with Gasteiger partial charge in [-0.05, 0) is 32.1 Å². The zero-order chi connectivity index (χ0) is 16.7. The van der Waals surface area contributed by atoms with Gasteiger partial charge in [-0.2, -0.15) is 0 Å². The third-order valence-corrected chi connectivity index (χ3v) is 5.42. The minimum absolute atomic E-state index is 0.0451. The Kier molecular flexibility index (Phi) is 6.84. The summed E-state index contributed by atoms with van der Waals surface area (Å²) in [7, 11) is 0. The van der Waals surface area contributed by atoms with E-state index in [2.05, 4.69) is 5.16 Å². The van der Waals surface area contributed by atoms with Crippen LogP contribution in [0.2, 0.25) is 0 Å². The summed E-state index contributed by atoms with van der Waals surface area (Å²) in [5.74, 6) is -0.756. The Morgan fingerprint density at radius 3 is 2.57 bits per heavy atom. The van der Waals surface area contributed by atoms with E-state index in [0.29, 0.717) is 0 Å². The van der Waals surface area contributed by atoms with Crippen LogP contribution in [0.4, 0.5) is 0 Å². The molecule has 6 nitrogen and oxygen atoms in total. The number of aliphatic carboxylic acids is 1. The number of carboxylic acids is 1. The number of aliphatic hydroxyl groups is 2. The van der Waals surface area contributed by atoms with E-state index >= 15 is 0 Å². The van der Waals surface area contributed by atoms with Crippen LogP contribution in [-0.2, 0) is 9.63 Å². The van der Waals surface area contributed by atoms with E-state index in [9.17, 15) is 9.90 Å². The second kappa shape index (κ2) is 8.64. The molecule has 2 rings (SSSR count). The van der Waals surface area contributed by atoms with Crippen molar-refractivity contribution in [3.05, 3.63) is 0 Å². The number of carbonyl (C=O) groups is 1. The summed E-state index contributed by atoms with van der Waals surface area (Å²) in [5, 5.41) is 31.6. The van der Waals surface area contributed by atoms with Crippen LogP contribution in [0.15, 0.2) is 5.16 Å². The second-order valence-electron chi connectivity index (χ2n) is 6.90. The van der Waals surface area contributed by atoms with Crippen molar-refractivity contribution in [1.29, 1.82) is 0 Å². The number of carboxylic acid groups (broad SMARTS) is 1. The number of hydrogen-bond acceptors (Lipinski definition) is 5. The predicted octanol–water partition coefficient (Wildman–Crippen LogP) is 2.33. The van der Waals surface area contributed by atoms with Crippen molar-refractivity contribution in [2.45, 2.75) is 70.3 Å². The van der Waals surface area contributed by atoms with Gasteiger partial charge in [0.1, 0.15) is 0 Å². The van der Waals surface area contributed by atoms with Crippen LogP contribution < -0.4 is 0 Å². The van der Waals surface area contributed by atoms with Crippen molar-refractivity contribution < 1.29 is 25.0 Å². The van der Waals surface area contributed by atoms with E-state index in [4.69, 9.17) is 15.1 Å². The minimum atomic E-state index is -1.02. The molecule has 0 bridgehead atoms. The number of oxime groups is 1. The SMILES string of the molecule is O=C(O)CON=C1CC2(CCCCCCCCO)C1CC[C@@H]2O. The summed E-state index contributed by atoms with van der Waals surface area (Å²) >= 11 is 0. The average Bonchev–Trinajstić information content (AvgIpc) is 2.74. The molecule has 2 saturated carbocycles. The normalized spacial score (nSPS) is 31.0. The van der Waals surface area contributed by atoms with Crippen molar-refractivity contribution in [2.75, 3.05) is 13.2 Å². The molecular formula is C17H29NO5. The van der Waals surface area contributed by atoms with E-state index in [1.165, 1.54) is 6.42 Å². The molecule has 0 aromatic heterocycles. The highest BCUT2D eigenvalue weighted by Crippen LogP contribution is 2.58. The molecule has 2 fully saturated rings. The first-order valence-corrected chi connectivity index (χ1v) is 8.79. The summed E-state index contributed by atoms with van der Waals surface area (Å²) in [6.07, 6.45) is 9.80. The Balaban J connectivity index is 1.73. The van der Waals surface area contributed by atoms with Gasteiger partial charge in [-0.1, -0.05) is 37.3 Å². The molecule has 2 aliphatic rings. The Morgan fingerprint density at radius 2 is 1.87 bits per heavy atom. The van der Waals surface area contributed by atoms with Crippen LogP contribution in [0.25, 0.3) is 0 Å². The quantitative estimate of drug-likeness (QED) is 0.399. The van der Waals surface area contributed by atoms with Gasteiger partial charge in [0.05, 0.1) is 11.8 Å². The maximum absolute atomic E-state index is 10.5. The van der Waals surface area contributed by atoms with Crippen molar-refractivity contribution >= 4 is 11.7 Å². The van der Waals surface area contributed by atoms with E-state index in [1.807, 2.05) is 0 Å². The van der Waals surface area contributed by atoms with Crippen LogP contribution in [-0.4, -0.2) is 46.3 Å². The summed E-state index contributed by atoms with van der Waals surface area (Å²) in [5.41, 5.74) is 0.877. The topological polar surface area (TPSA) is 99.4 Å². The second-order valence-corrected chi connectivity index (χ2v) is 6.90. The fourth-order valence-corrected chi connectivity index (χ4v) is 4.17. The Labute approximate surface area is 137 Å². The largest absolute Gasteiger partial charge is 0.479 e. The van der Waals surface area contributed by atoms with Gasteiger partial charge in [0, 0.05) is 17.9 Å². The zero-order valence-corrected chi connectivity index (χ0v) is 13.7. The number of aliphatic hydroxyl groups excluding tert-OH is 2. The molecule has 0 aliphatic heterocycles. The molecule has 0 heterocycles. The number of nitrogens with zero attached hydrogens (tertiary/aromatic N) is 1. The fraction of sp³-hybridized carbons (Fsp3) is 0.882. The molecular weight excluding hydrogens is 298 g/mol. The molecule has 132 valence electrons. The first-order valence-electron chi connectivity index (χ1n) is 8.79. The van der Waals surface area contributed by atoms with Crippen LogP contribution in [0.5, 0.6) is 0 Å². The molecule has 0 aromatic carbocycles. The molecule has 3 atom stereocenters. The van der Waals surface area contributed by atoms with Crippen LogP contribution >= 0.6 is 0 Å². The van der Waals surface area contributed by atoms with Gasteiger partial charge in [0.15, 0.2) is 0 Å². The highest BCUT2D eigenvalue weighted by atomic mass is 16.6. The van der Waals surface area contributed by atoms with Crippen LogP contribution in [0.3, 0.4) is 0 Å². The Bertz CT molecular complexity index is 425. The highest BCUT2D eigenvalue weighted by Gasteiger charge is 2.59. The molecule has 0 aromatic rings. The third-order valence-electron chi connectivity index (χ3n) is 5.42. The van der Waals surface area contributed by atoms with E-state index in [1.54, 1.807) is 0 Å². The molecule has 23 heavy (non-hydrogen) atoms. The summed E-state index contributed by atoms with van der Waals surface area (Å²) < 4.78 is 0. The molecule has 2 unspecified atom stereocenters. The average molecular weight is 327 g/mol. The number of rotatable bonds is 11. The fourth-order valence-electron chi connectivity index (χ4n) is 4.17. The molecule has 2 aliphatic carbocycles. The van der Waals surface area contributed by atoms with Crippen molar-refractivity contribution in [2.24, 2.45) is 16.5 Å². The molecule has 3 N–H and O–H groups in total. The predicted molar refractivity (Wildman–Crippen MR) is 86.2 cm³/mol. The smallest absolute Gasteiger partial charge is 0.344 e. The summed E-state index contributed by atoms with van der Waals surface area (Å²) in [4.78, 5) is 15.3. The zero-order valence-electron chi connectivity index (χ0n) is 13.7. The van der Waals surface area contributed by atoms with Gasteiger partial charge in [-0.25, -0.2) is 4.79 Å². The molecule has 0 saturated heterocycles. The van der Waals surface area contributed by atoms with Crippen LogP contribution in [0, 0.1) is 11.3 Å². The standard InChI is InChI=1S/C17H29NO5/c19-10-6-4-2-1-3-5-9-17-11-14(18-23-12-16(21)22)13(17)7-8-15(17)20/h13,15,19-20H,1-12H2,(H,21,22)/t13?,15-,17?/m0/s1. The minimum Gasteiger partial charge on any atom is -0.479 e. The van der Waals surface area contributed by atoms with Gasteiger partial charge in [0.2, 0.25) is 6.61 Å². The Hall–Kier alpha value is -1.14. The van der Waals surface area contributed by atoms with Gasteiger partial charge in [-0.15, -0.1) is 0 Å². The van der Waals surface area contributed by atoms with E-state index in [0.717, 1.165) is 63.5 Å². The molecule has 6 heteroatoms. The van der Waals surface area contributed by atoms with Gasteiger partial charge in [-0.3, -0.25) is 0 Å². The number of unbranched alkanes of at least 4 members (excludes halogenated alkanes) is 5. The lowest BCUT2D eigenvalue weighted by atomic mass is 9.57. The number of hydrogen-bond donors (Lipinski definition) is 3. The van der Waals surface area contributed by atoms with Crippen molar-refractivity contribution in [3.8, 4) is 0 Å². The molecule has 0 spiro atoms. The number of fused-ring (bicyclic) bond motifs is 1. The molecule has 0 radical (unpaired) electrons. The van der Waals surface area contributed by atoms with Gasteiger partial charge in [0.25, 0.3) is 0 Å². The summed E-state index contributed by atoms with van der Waals surface area (Å²) in [6.45, 7) is -0.122. The Morgan fingerprint density at radius 1 is 1.17 bits per heavy atom. The lowest BCUT2D eigenvalue weighted by molar-refractivity contribution is -0.142. The summed E-state index contributed by atoms with van der Waals surface area (Å²) in [6, 6.07) is 0. The van der Waals surface area contributed by atoms with Gasteiger partial charge >= 0.3 is 5.97 Å². The maximum atomic E-state index is 10.5. The lowest BCUT2D eigenvalue weighted by Gasteiger charge is -2.48. The van der Waals surface area contributed by atoms with E-state index < -0.39 is 12.6 Å². The first kappa shape index (κ1) is 18.2.